The first-order chi connectivity index (χ1) is 10.2. The molecule has 0 saturated heterocycles. The molecule has 1 heterocycles. The van der Waals surface area contributed by atoms with E-state index in [0.29, 0.717) is 0 Å². The Labute approximate surface area is 129 Å². The zero-order chi connectivity index (χ0) is 14.8. The molecule has 3 aromatic rings. The van der Waals surface area contributed by atoms with Gasteiger partial charge in [0.1, 0.15) is 0 Å². The van der Waals surface area contributed by atoms with Crippen LogP contribution in [0.2, 0.25) is 5.02 Å². The number of pyridine rings is 1. The topological polar surface area (TPSA) is 24.9 Å². The van der Waals surface area contributed by atoms with Gasteiger partial charge in [-0.15, -0.1) is 0 Å². The van der Waals surface area contributed by atoms with E-state index in [2.05, 4.69) is 42.3 Å². The molecule has 106 valence electrons. The normalized spacial score (nSPS) is 10.8. The molecule has 0 aliphatic rings. The van der Waals surface area contributed by atoms with E-state index in [9.17, 15) is 0 Å². The van der Waals surface area contributed by atoms with Crippen molar-refractivity contribution in [3.63, 3.8) is 0 Å². The van der Waals surface area contributed by atoms with Crippen molar-refractivity contribution in [1.82, 2.24) is 4.98 Å². The highest BCUT2D eigenvalue weighted by molar-refractivity contribution is 6.30. The average Bonchev–Trinajstić information content (AvgIpc) is 2.50. The molecule has 21 heavy (non-hydrogen) atoms. The molecule has 0 radical (unpaired) electrons. The van der Waals surface area contributed by atoms with Crippen LogP contribution in [-0.4, -0.2) is 4.98 Å². The molecule has 1 N–H and O–H groups in total. The van der Waals surface area contributed by atoms with Crippen LogP contribution in [0, 0.1) is 6.92 Å². The monoisotopic (exact) mass is 296 g/mol. The molecule has 0 atom stereocenters. The number of nitrogens with zero attached hydrogens (tertiary/aromatic N) is 1. The van der Waals surface area contributed by atoms with Gasteiger partial charge < -0.3 is 5.32 Å². The maximum atomic E-state index is 6.02. The molecule has 0 unspecified atom stereocenters. The van der Waals surface area contributed by atoms with Crippen molar-refractivity contribution in [2.45, 2.75) is 20.3 Å². The standard InChI is InChI=1S/C18H17ClN2/c1-3-13-4-6-17-15(11-13)18(8-9-20-17)21-16-7-5-14(19)10-12(16)2/h4-11H,3H2,1-2H3,(H,20,21). The molecule has 0 spiro atoms. The molecule has 0 amide bonds. The number of hydrogen-bond donors (Lipinski definition) is 1. The van der Waals surface area contributed by atoms with Gasteiger partial charge in [0.05, 0.1) is 5.52 Å². The van der Waals surface area contributed by atoms with Gasteiger partial charge >= 0.3 is 0 Å². The molecule has 0 saturated carbocycles. The van der Waals surface area contributed by atoms with Crippen LogP contribution in [0.25, 0.3) is 10.9 Å². The minimum absolute atomic E-state index is 0.755. The minimum Gasteiger partial charge on any atom is -0.355 e. The quantitative estimate of drug-likeness (QED) is 0.690. The van der Waals surface area contributed by atoms with Crippen molar-refractivity contribution < 1.29 is 0 Å². The first-order valence-corrected chi connectivity index (χ1v) is 7.46. The number of nitrogens with one attached hydrogen (secondary N) is 1. The summed E-state index contributed by atoms with van der Waals surface area (Å²) in [5.41, 5.74) is 5.57. The average molecular weight is 297 g/mol. The lowest BCUT2D eigenvalue weighted by molar-refractivity contribution is 1.14. The first kappa shape index (κ1) is 13.9. The van der Waals surface area contributed by atoms with E-state index in [0.717, 1.165) is 39.3 Å². The summed E-state index contributed by atoms with van der Waals surface area (Å²) in [6, 6.07) is 14.3. The molecular formula is C18H17ClN2. The van der Waals surface area contributed by atoms with Gasteiger partial charge in [0.25, 0.3) is 0 Å². The number of halogens is 1. The summed E-state index contributed by atoms with van der Waals surface area (Å²) in [6.45, 7) is 4.21. The van der Waals surface area contributed by atoms with Gasteiger partial charge in [0.15, 0.2) is 0 Å². The summed E-state index contributed by atoms with van der Waals surface area (Å²) in [6.07, 6.45) is 2.85. The van der Waals surface area contributed by atoms with Crippen LogP contribution < -0.4 is 5.32 Å². The van der Waals surface area contributed by atoms with Crippen LogP contribution in [0.4, 0.5) is 11.4 Å². The lowest BCUT2D eigenvalue weighted by Crippen LogP contribution is -1.95. The first-order valence-electron chi connectivity index (χ1n) is 7.08. The van der Waals surface area contributed by atoms with Crippen LogP contribution >= 0.6 is 11.6 Å². The second-order valence-corrected chi connectivity index (χ2v) is 5.58. The van der Waals surface area contributed by atoms with Crippen molar-refractivity contribution in [3.05, 3.63) is 64.8 Å². The Bertz CT molecular complexity index is 796. The Kier molecular flexibility index (Phi) is 3.80. The van der Waals surface area contributed by atoms with Gasteiger partial charge in [-0.3, -0.25) is 4.98 Å². The Morgan fingerprint density at radius 1 is 1.05 bits per heavy atom. The Morgan fingerprint density at radius 3 is 2.67 bits per heavy atom. The summed E-state index contributed by atoms with van der Waals surface area (Å²) in [5, 5.41) is 5.40. The third kappa shape index (κ3) is 2.86. The van der Waals surface area contributed by atoms with Gasteiger partial charge in [-0.1, -0.05) is 24.6 Å². The third-order valence-electron chi connectivity index (χ3n) is 3.67. The van der Waals surface area contributed by atoms with Crippen LogP contribution in [-0.2, 0) is 6.42 Å². The Morgan fingerprint density at radius 2 is 1.90 bits per heavy atom. The summed E-state index contributed by atoms with van der Waals surface area (Å²) >= 11 is 6.02. The molecule has 0 aliphatic carbocycles. The SMILES string of the molecule is CCc1ccc2nccc(Nc3ccc(Cl)cc3C)c2c1. The number of rotatable bonds is 3. The Balaban J connectivity index is 2.07. The molecule has 2 aromatic carbocycles. The second-order valence-electron chi connectivity index (χ2n) is 5.15. The molecule has 0 fully saturated rings. The predicted octanol–water partition coefficient (Wildman–Crippen LogP) is 5.50. The number of benzene rings is 2. The van der Waals surface area contributed by atoms with E-state index in [1.807, 2.05) is 30.5 Å². The Hall–Kier alpha value is -2.06. The van der Waals surface area contributed by atoms with Gasteiger partial charge in [-0.05, 0) is 60.9 Å². The highest BCUT2D eigenvalue weighted by Gasteiger charge is 2.05. The molecule has 3 rings (SSSR count). The van der Waals surface area contributed by atoms with Gasteiger partial charge in [-0.25, -0.2) is 0 Å². The fraction of sp³-hybridized carbons (Fsp3) is 0.167. The highest BCUT2D eigenvalue weighted by Crippen LogP contribution is 2.28. The van der Waals surface area contributed by atoms with Crippen LogP contribution in [0.1, 0.15) is 18.1 Å². The molecule has 0 aliphatic heterocycles. The van der Waals surface area contributed by atoms with E-state index in [-0.39, 0.29) is 0 Å². The van der Waals surface area contributed by atoms with Crippen molar-refractivity contribution in [3.8, 4) is 0 Å². The zero-order valence-corrected chi connectivity index (χ0v) is 12.9. The molecule has 1 aromatic heterocycles. The van der Waals surface area contributed by atoms with Crippen LogP contribution in [0.5, 0.6) is 0 Å². The fourth-order valence-corrected chi connectivity index (χ4v) is 2.66. The van der Waals surface area contributed by atoms with E-state index in [4.69, 9.17) is 11.6 Å². The summed E-state index contributed by atoms with van der Waals surface area (Å²) < 4.78 is 0. The predicted molar refractivity (Wildman–Crippen MR) is 90.6 cm³/mol. The maximum Gasteiger partial charge on any atom is 0.0723 e. The van der Waals surface area contributed by atoms with Gasteiger partial charge in [0.2, 0.25) is 0 Å². The van der Waals surface area contributed by atoms with Crippen LogP contribution in [0.3, 0.4) is 0 Å². The van der Waals surface area contributed by atoms with E-state index in [1.54, 1.807) is 0 Å². The van der Waals surface area contributed by atoms with Crippen molar-refractivity contribution >= 4 is 33.9 Å². The second kappa shape index (κ2) is 5.74. The van der Waals surface area contributed by atoms with Gasteiger partial charge in [-0.2, -0.15) is 0 Å². The van der Waals surface area contributed by atoms with Crippen LogP contribution in [0.15, 0.2) is 48.7 Å². The molecule has 0 bridgehead atoms. The maximum absolute atomic E-state index is 6.02. The zero-order valence-electron chi connectivity index (χ0n) is 12.2. The van der Waals surface area contributed by atoms with E-state index >= 15 is 0 Å². The van der Waals surface area contributed by atoms with Crippen molar-refractivity contribution in [2.24, 2.45) is 0 Å². The van der Waals surface area contributed by atoms with Crippen molar-refractivity contribution in [2.75, 3.05) is 5.32 Å². The molecular weight excluding hydrogens is 280 g/mol. The fourth-order valence-electron chi connectivity index (χ4n) is 2.43. The minimum atomic E-state index is 0.755. The molecule has 3 heteroatoms. The van der Waals surface area contributed by atoms with E-state index in [1.165, 1.54) is 5.56 Å². The number of aryl methyl sites for hydroxylation is 2. The lowest BCUT2D eigenvalue weighted by atomic mass is 10.1. The third-order valence-corrected chi connectivity index (χ3v) is 3.91. The highest BCUT2D eigenvalue weighted by atomic mass is 35.5. The lowest BCUT2D eigenvalue weighted by Gasteiger charge is -2.12. The number of hydrogen-bond acceptors (Lipinski definition) is 2. The number of fused-ring (bicyclic) bond motifs is 1. The number of aromatic nitrogens is 1. The molecule has 2 nitrogen and oxygen atoms in total. The van der Waals surface area contributed by atoms with E-state index < -0.39 is 0 Å². The largest absolute Gasteiger partial charge is 0.355 e. The summed E-state index contributed by atoms with van der Waals surface area (Å²) in [5.74, 6) is 0. The number of anilines is 2. The summed E-state index contributed by atoms with van der Waals surface area (Å²) in [7, 11) is 0. The smallest absolute Gasteiger partial charge is 0.0723 e. The summed E-state index contributed by atoms with van der Waals surface area (Å²) in [4.78, 5) is 4.43. The van der Waals surface area contributed by atoms with Crippen molar-refractivity contribution in [1.29, 1.82) is 0 Å². The van der Waals surface area contributed by atoms with Gasteiger partial charge in [0, 0.05) is 28.0 Å².